The molecule has 0 aromatic heterocycles. The fourth-order valence-electron chi connectivity index (χ4n) is 2.73. The Morgan fingerprint density at radius 2 is 1.31 bits per heavy atom. The average molecular weight is 481 g/mol. The Kier molecular flexibility index (Phi) is 5.62. The van der Waals surface area contributed by atoms with Crippen LogP contribution in [0.2, 0.25) is 0 Å². The molecule has 2 amide bonds. The Labute approximate surface area is 176 Å². The van der Waals surface area contributed by atoms with Crippen molar-refractivity contribution in [1.29, 1.82) is 0 Å². The van der Waals surface area contributed by atoms with E-state index in [9.17, 15) is 44.3 Å². The first-order valence-corrected chi connectivity index (χ1v) is 10.1. The second-order valence-electron chi connectivity index (χ2n) is 6.81. The largest absolute Gasteiger partial charge is 0.416 e. The van der Waals surface area contributed by atoms with E-state index in [1.54, 1.807) is 4.72 Å². The molecule has 0 radical (unpaired) electrons. The zero-order valence-electron chi connectivity index (χ0n) is 15.9. The molecule has 3 N–H and O–H groups in total. The molecule has 7 nitrogen and oxygen atoms in total. The third-order valence-corrected chi connectivity index (χ3v) is 5.82. The maximum atomic E-state index is 13.0. The summed E-state index contributed by atoms with van der Waals surface area (Å²) in [6, 6.07) is 3.29. The Hall–Kier alpha value is -3.29. The summed E-state index contributed by atoms with van der Waals surface area (Å²) in [5.41, 5.74) is -4.42. The molecule has 0 bridgehead atoms. The average Bonchev–Trinajstić information content (AvgIpc) is 2.76. The van der Waals surface area contributed by atoms with Crippen LogP contribution in [0.5, 0.6) is 0 Å². The molecule has 1 aliphatic heterocycles. The van der Waals surface area contributed by atoms with Crippen molar-refractivity contribution in [1.82, 2.24) is 0 Å². The summed E-state index contributed by atoms with van der Waals surface area (Å²) in [4.78, 5) is 23.2. The van der Waals surface area contributed by atoms with E-state index < -0.39 is 61.8 Å². The summed E-state index contributed by atoms with van der Waals surface area (Å²) in [6.45, 7) is 1.31. The predicted octanol–water partition coefficient (Wildman–Crippen LogP) is 4.05. The van der Waals surface area contributed by atoms with Crippen molar-refractivity contribution >= 4 is 38.9 Å². The first-order valence-electron chi connectivity index (χ1n) is 8.66. The molecule has 0 spiro atoms. The number of carbonyl (C=O) groups is 2. The van der Waals surface area contributed by atoms with Crippen molar-refractivity contribution in [3.63, 3.8) is 0 Å². The van der Waals surface area contributed by atoms with Gasteiger partial charge in [-0.25, -0.2) is 8.42 Å². The molecule has 172 valence electrons. The van der Waals surface area contributed by atoms with Gasteiger partial charge in [0, 0.05) is 0 Å². The fraction of sp³-hybridized carbons (Fsp3) is 0.222. The lowest BCUT2D eigenvalue weighted by molar-refractivity contribution is -0.143. The number of hydrogen-bond acceptors (Lipinski definition) is 4. The molecular weight excluding hydrogens is 468 g/mol. The van der Waals surface area contributed by atoms with Gasteiger partial charge in [-0.2, -0.15) is 26.3 Å². The van der Waals surface area contributed by atoms with E-state index in [2.05, 4.69) is 10.6 Å². The number of hydrogen-bond donors (Lipinski definition) is 3. The maximum Gasteiger partial charge on any atom is 0.416 e. The Morgan fingerprint density at radius 3 is 1.81 bits per heavy atom. The van der Waals surface area contributed by atoms with E-state index in [0.717, 1.165) is 18.2 Å². The van der Waals surface area contributed by atoms with E-state index >= 15 is 0 Å². The van der Waals surface area contributed by atoms with Gasteiger partial charge in [0.1, 0.15) is 5.92 Å². The molecule has 0 aliphatic carbocycles. The van der Waals surface area contributed by atoms with Gasteiger partial charge in [0.25, 0.3) is 10.0 Å². The summed E-state index contributed by atoms with van der Waals surface area (Å²) in [6.07, 6.45) is -10.3. The molecule has 0 unspecified atom stereocenters. The highest BCUT2D eigenvalue weighted by Gasteiger charge is 2.37. The van der Waals surface area contributed by atoms with E-state index in [0.29, 0.717) is 0 Å². The van der Waals surface area contributed by atoms with Crippen LogP contribution in [0.15, 0.2) is 41.3 Å². The zero-order valence-corrected chi connectivity index (χ0v) is 16.7. The highest BCUT2D eigenvalue weighted by atomic mass is 32.2. The second kappa shape index (κ2) is 7.69. The minimum Gasteiger partial charge on any atom is -0.324 e. The first-order chi connectivity index (χ1) is 14.6. The Bertz CT molecular complexity index is 1180. The molecule has 1 heterocycles. The van der Waals surface area contributed by atoms with Crippen LogP contribution < -0.4 is 15.4 Å². The van der Waals surface area contributed by atoms with Crippen molar-refractivity contribution < 1.29 is 44.3 Å². The van der Waals surface area contributed by atoms with E-state index in [1.165, 1.54) is 6.92 Å². The van der Waals surface area contributed by atoms with Gasteiger partial charge in [0.2, 0.25) is 11.8 Å². The summed E-state index contributed by atoms with van der Waals surface area (Å²) >= 11 is 0. The number of carbonyl (C=O) groups excluding carboxylic acids is 2. The summed E-state index contributed by atoms with van der Waals surface area (Å²) < 4.78 is 105. The standard InChI is InChI=1S/C18H13F6N3O4S/c1-8-15(28)25-13-3-2-12(7-14(13)26-16(8)29)32(30,31)27-11-5-9(17(19,20)21)4-10(6-11)18(22,23)24/h2-8,27H,1H3,(H,25,28)(H,26,29)/t8-/m0/s1. The maximum absolute atomic E-state index is 13.0. The van der Waals surface area contributed by atoms with Gasteiger partial charge in [0.15, 0.2) is 0 Å². The van der Waals surface area contributed by atoms with Gasteiger partial charge in [-0.1, -0.05) is 0 Å². The lowest BCUT2D eigenvalue weighted by Gasteiger charge is -2.16. The number of sulfonamides is 1. The smallest absolute Gasteiger partial charge is 0.324 e. The van der Waals surface area contributed by atoms with Crippen LogP contribution in [0.25, 0.3) is 0 Å². The summed E-state index contributed by atoms with van der Waals surface area (Å²) in [5, 5.41) is 4.72. The van der Waals surface area contributed by atoms with Gasteiger partial charge in [0.05, 0.1) is 33.1 Å². The summed E-state index contributed by atoms with van der Waals surface area (Å²) in [5.74, 6) is -2.48. The van der Waals surface area contributed by atoms with Crippen LogP contribution in [0.3, 0.4) is 0 Å². The number of fused-ring (bicyclic) bond motifs is 1. The van der Waals surface area contributed by atoms with Crippen LogP contribution in [0, 0.1) is 5.92 Å². The molecule has 14 heteroatoms. The lowest BCUT2D eigenvalue weighted by atomic mass is 10.1. The number of amides is 2. The molecule has 3 rings (SSSR count). The number of alkyl halides is 6. The minimum atomic E-state index is -5.16. The second-order valence-corrected chi connectivity index (χ2v) is 8.49. The highest BCUT2D eigenvalue weighted by molar-refractivity contribution is 7.92. The zero-order chi connectivity index (χ0) is 24.1. The molecule has 1 aliphatic rings. The van der Waals surface area contributed by atoms with Crippen molar-refractivity contribution in [3.05, 3.63) is 47.5 Å². The van der Waals surface area contributed by atoms with Crippen LogP contribution in [-0.2, 0) is 32.0 Å². The number of benzene rings is 2. The first kappa shape index (κ1) is 23.4. The molecule has 1 atom stereocenters. The van der Waals surface area contributed by atoms with Gasteiger partial charge < -0.3 is 10.6 Å². The minimum absolute atomic E-state index is 0.0603. The van der Waals surface area contributed by atoms with Gasteiger partial charge >= 0.3 is 12.4 Å². The van der Waals surface area contributed by atoms with Crippen LogP contribution >= 0.6 is 0 Å². The number of halogens is 6. The molecule has 2 aromatic carbocycles. The molecule has 32 heavy (non-hydrogen) atoms. The molecule has 2 aromatic rings. The van der Waals surface area contributed by atoms with E-state index in [4.69, 9.17) is 0 Å². The monoisotopic (exact) mass is 481 g/mol. The normalized spacial score (nSPS) is 17.2. The van der Waals surface area contributed by atoms with Crippen molar-refractivity contribution in [2.45, 2.75) is 24.2 Å². The predicted molar refractivity (Wildman–Crippen MR) is 100 cm³/mol. The number of anilines is 3. The van der Waals surface area contributed by atoms with E-state index in [1.807, 2.05) is 0 Å². The highest BCUT2D eigenvalue weighted by Crippen LogP contribution is 2.38. The van der Waals surface area contributed by atoms with Crippen molar-refractivity contribution in [3.8, 4) is 0 Å². The van der Waals surface area contributed by atoms with Crippen molar-refractivity contribution in [2.24, 2.45) is 5.92 Å². The number of rotatable bonds is 3. The molecule has 0 fully saturated rings. The molecule has 0 saturated carbocycles. The Morgan fingerprint density at radius 1 is 0.812 bits per heavy atom. The van der Waals surface area contributed by atoms with Crippen LogP contribution in [-0.4, -0.2) is 20.2 Å². The third kappa shape index (κ3) is 4.79. The topological polar surface area (TPSA) is 104 Å². The quantitative estimate of drug-likeness (QED) is 0.455. The SMILES string of the molecule is C[C@H]1C(=O)Nc2ccc(S(=O)(=O)Nc3cc(C(F)(F)F)cc(C(F)(F)F)c3)cc2NC1=O. The van der Waals surface area contributed by atoms with Crippen molar-refractivity contribution in [2.75, 3.05) is 15.4 Å². The third-order valence-electron chi connectivity index (χ3n) is 4.44. The van der Waals surface area contributed by atoms with Gasteiger partial charge in [-0.05, 0) is 43.3 Å². The summed E-state index contributed by atoms with van der Waals surface area (Å²) in [7, 11) is -4.68. The van der Waals surface area contributed by atoms with Crippen LogP contribution in [0.1, 0.15) is 18.1 Å². The van der Waals surface area contributed by atoms with Gasteiger partial charge in [-0.15, -0.1) is 0 Å². The molecular formula is C18H13F6N3O4S. The lowest BCUT2D eigenvalue weighted by Crippen LogP contribution is -2.28. The molecule has 0 saturated heterocycles. The Balaban J connectivity index is 2.01. The van der Waals surface area contributed by atoms with Gasteiger partial charge in [-0.3, -0.25) is 14.3 Å². The fourth-order valence-corrected chi connectivity index (χ4v) is 3.80. The van der Waals surface area contributed by atoms with E-state index in [-0.39, 0.29) is 29.6 Å². The number of nitrogens with one attached hydrogen (secondary N) is 3. The van der Waals surface area contributed by atoms with Crippen LogP contribution in [0.4, 0.5) is 43.4 Å².